The molecule has 0 aliphatic rings. The Balaban J connectivity index is 2.92. The van der Waals surface area contributed by atoms with Gasteiger partial charge in [-0.3, -0.25) is 0 Å². The van der Waals surface area contributed by atoms with Crippen molar-refractivity contribution in [3.63, 3.8) is 0 Å². The smallest absolute Gasteiger partial charge is 0.419 e. The van der Waals surface area contributed by atoms with Crippen LogP contribution in [0.3, 0.4) is 0 Å². The standard InChI is InChI=1S/C15H22F3NO2/c1-10(2)19-8-12-5-6-14(21-9-11(3)20-4)13(7-12)15(16,17)18/h5-7,10-11,19H,8-9H2,1-4H3. The lowest BCUT2D eigenvalue weighted by Crippen LogP contribution is -2.22. The third-order valence-corrected chi connectivity index (χ3v) is 2.94. The van der Waals surface area contributed by atoms with E-state index in [1.165, 1.54) is 13.2 Å². The quantitative estimate of drug-likeness (QED) is 0.834. The average Bonchev–Trinajstić information content (AvgIpc) is 2.41. The van der Waals surface area contributed by atoms with Crippen LogP contribution in [0.2, 0.25) is 0 Å². The first-order valence-electron chi connectivity index (χ1n) is 6.83. The largest absolute Gasteiger partial charge is 0.490 e. The van der Waals surface area contributed by atoms with Crippen LogP contribution in [0.5, 0.6) is 5.75 Å². The Hall–Kier alpha value is -1.27. The molecule has 1 aromatic carbocycles. The predicted octanol–water partition coefficient (Wildman–Crippen LogP) is 3.62. The molecule has 1 N–H and O–H groups in total. The fourth-order valence-corrected chi connectivity index (χ4v) is 1.63. The van der Waals surface area contributed by atoms with Gasteiger partial charge in [0.25, 0.3) is 0 Å². The molecular formula is C15H22F3NO2. The normalized spacial score (nSPS) is 13.5. The van der Waals surface area contributed by atoms with Gasteiger partial charge in [0.05, 0.1) is 11.7 Å². The summed E-state index contributed by atoms with van der Waals surface area (Å²) < 4.78 is 49.5. The molecule has 0 aliphatic heterocycles. The number of methoxy groups -OCH3 is 1. The maximum absolute atomic E-state index is 13.1. The third kappa shape index (κ3) is 5.93. The average molecular weight is 305 g/mol. The number of nitrogens with one attached hydrogen (secondary N) is 1. The number of alkyl halides is 3. The topological polar surface area (TPSA) is 30.5 Å². The van der Waals surface area contributed by atoms with Gasteiger partial charge in [0.2, 0.25) is 0 Å². The van der Waals surface area contributed by atoms with Crippen LogP contribution in [0.15, 0.2) is 18.2 Å². The number of rotatable bonds is 7. The van der Waals surface area contributed by atoms with E-state index in [0.29, 0.717) is 12.1 Å². The highest BCUT2D eigenvalue weighted by atomic mass is 19.4. The minimum atomic E-state index is -4.44. The summed E-state index contributed by atoms with van der Waals surface area (Å²) >= 11 is 0. The van der Waals surface area contributed by atoms with E-state index in [1.807, 2.05) is 13.8 Å². The molecule has 0 aliphatic carbocycles. The first-order chi connectivity index (χ1) is 9.74. The highest BCUT2D eigenvalue weighted by Crippen LogP contribution is 2.37. The first kappa shape index (κ1) is 17.8. The zero-order valence-corrected chi connectivity index (χ0v) is 12.8. The summed E-state index contributed by atoms with van der Waals surface area (Å²) in [6.45, 7) is 6.06. The van der Waals surface area contributed by atoms with Gasteiger partial charge in [0.15, 0.2) is 0 Å². The second kappa shape index (κ2) is 7.66. The van der Waals surface area contributed by atoms with Gasteiger partial charge in [-0.15, -0.1) is 0 Å². The molecule has 21 heavy (non-hydrogen) atoms. The van der Waals surface area contributed by atoms with Crippen LogP contribution >= 0.6 is 0 Å². The zero-order chi connectivity index (χ0) is 16.0. The molecule has 1 rings (SSSR count). The highest BCUT2D eigenvalue weighted by molar-refractivity contribution is 5.39. The van der Waals surface area contributed by atoms with Crippen molar-refractivity contribution >= 4 is 0 Å². The Labute approximate surface area is 123 Å². The molecular weight excluding hydrogens is 283 g/mol. The summed E-state index contributed by atoms with van der Waals surface area (Å²) in [5.41, 5.74) is -0.183. The van der Waals surface area contributed by atoms with Crippen molar-refractivity contribution in [3.8, 4) is 5.75 Å². The van der Waals surface area contributed by atoms with E-state index in [1.54, 1.807) is 13.0 Å². The summed E-state index contributed by atoms with van der Waals surface area (Å²) in [5, 5.41) is 3.09. The molecule has 0 bridgehead atoms. The van der Waals surface area contributed by atoms with Crippen LogP contribution in [-0.4, -0.2) is 25.9 Å². The molecule has 0 saturated heterocycles. The number of hydrogen-bond acceptors (Lipinski definition) is 3. The Kier molecular flexibility index (Phi) is 6.48. The van der Waals surface area contributed by atoms with Gasteiger partial charge in [0.1, 0.15) is 12.4 Å². The minimum absolute atomic E-state index is 0.0726. The molecule has 0 heterocycles. The van der Waals surface area contributed by atoms with Crippen LogP contribution in [0.4, 0.5) is 13.2 Å². The lowest BCUT2D eigenvalue weighted by molar-refractivity contribution is -0.139. The Morgan fingerprint density at radius 2 is 1.86 bits per heavy atom. The number of benzene rings is 1. The number of halogens is 3. The molecule has 0 radical (unpaired) electrons. The van der Waals surface area contributed by atoms with Gasteiger partial charge in [-0.05, 0) is 24.6 Å². The lowest BCUT2D eigenvalue weighted by Gasteiger charge is -2.18. The minimum Gasteiger partial charge on any atom is -0.490 e. The van der Waals surface area contributed by atoms with E-state index in [4.69, 9.17) is 9.47 Å². The molecule has 0 spiro atoms. The molecule has 1 atom stereocenters. The number of ether oxygens (including phenoxy) is 2. The summed E-state index contributed by atoms with van der Waals surface area (Å²) in [4.78, 5) is 0. The summed E-state index contributed by atoms with van der Waals surface area (Å²) in [6, 6.07) is 4.33. The molecule has 3 nitrogen and oxygen atoms in total. The van der Waals surface area contributed by atoms with Gasteiger partial charge in [-0.2, -0.15) is 13.2 Å². The zero-order valence-electron chi connectivity index (χ0n) is 12.8. The Morgan fingerprint density at radius 1 is 1.19 bits per heavy atom. The van der Waals surface area contributed by atoms with E-state index in [9.17, 15) is 13.2 Å². The van der Waals surface area contributed by atoms with E-state index >= 15 is 0 Å². The van der Waals surface area contributed by atoms with Gasteiger partial charge in [-0.1, -0.05) is 19.9 Å². The molecule has 0 amide bonds. The van der Waals surface area contributed by atoms with Crippen molar-refractivity contribution in [2.45, 2.75) is 45.6 Å². The molecule has 1 aromatic rings. The second-order valence-corrected chi connectivity index (χ2v) is 5.22. The predicted molar refractivity (Wildman–Crippen MR) is 75.4 cm³/mol. The maximum Gasteiger partial charge on any atom is 0.419 e. The van der Waals surface area contributed by atoms with Gasteiger partial charge in [-0.25, -0.2) is 0 Å². The maximum atomic E-state index is 13.1. The summed E-state index contributed by atoms with van der Waals surface area (Å²) in [6.07, 6.45) is -4.71. The SMILES string of the molecule is COC(C)COc1ccc(CNC(C)C)cc1C(F)(F)F. The van der Waals surface area contributed by atoms with Crippen LogP contribution < -0.4 is 10.1 Å². The van der Waals surface area contributed by atoms with E-state index in [-0.39, 0.29) is 24.5 Å². The van der Waals surface area contributed by atoms with Gasteiger partial charge in [0, 0.05) is 19.7 Å². The first-order valence-corrected chi connectivity index (χ1v) is 6.83. The third-order valence-electron chi connectivity index (χ3n) is 2.94. The molecule has 120 valence electrons. The van der Waals surface area contributed by atoms with Crippen LogP contribution in [0.1, 0.15) is 31.9 Å². The van der Waals surface area contributed by atoms with Crippen LogP contribution in [0.25, 0.3) is 0 Å². The monoisotopic (exact) mass is 305 g/mol. The van der Waals surface area contributed by atoms with Crippen molar-refractivity contribution in [2.24, 2.45) is 0 Å². The molecule has 0 aromatic heterocycles. The molecule has 0 fully saturated rings. The highest BCUT2D eigenvalue weighted by Gasteiger charge is 2.34. The van der Waals surface area contributed by atoms with Crippen molar-refractivity contribution in [3.05, 3.63) is 29.3 Å². The Morgan fingerprint density at radius 3 is 2.38 bits per heavy atom. The fourth-order valence-electron chi connectivity index (χ4n) is 1.63. The molecule has 0 saturated carbocycles. The lowest BCUT2D eigenvalue weighted by atomic mass is 10.1. The van der Waals surface area contributed by atoms with E-state index < -0.39 is 11.7 Å². The van der Waals surface area contributed by atoms with Crippen molar-refractivity contribution < 1.29 is 22.6 Å². The number of hydrogen-bond donors (Lipinski definition) is 1. The second-order valence-electron chi connectivity index (χ2n) is 5.22. The molecule has 6 heteroatoms. The van der Waals surface area contributed by atoms with Crippen molar-refractivity contribution in [2.75, 3.05) is 13.7 Å². The van der Waals surface area contributed by atoms with Gasteiger partial charge < -0.3 is 14.8 Å². The fraction of sp³-hybridized carbons (Fsp3) is 0.600. The van der Waals surface area contributed by atoms with E-state index in [0.717, 1.165) is 6.07 Å². The van der Waals surface area contributed by atoms with Crippen LogP contribution in [0, 0.1) is 0 Å². The van der Waals surface area contributed by atoms with Crippen molar-refractivity contribution in [1.82, 2.24) is 5.32 Å². The molecule has 1 unspecified atom stereocenters. The summed E-state index contributed by atoms with van der Waals surface area (Å²) in [7, 11) is 1.49. The van der Waals surface area contributed by atoms with Crippen LogP contribution in [-0.2, 0) is 17.5 Å². The van der Waals surface area contributed by atoms with Crippen molar-refractivity contribution in [1.29, 1.82) is 0 Å². The van der Waals surface area contributed by atoms with E-state index in [2.05, 4.69) is 5.32 Å². The summed E-state index contributed by atoms with van der Waals surface area (Å²) in [5.74, 6) is -0.167. The Bertz CT molecular complexity index is 447. The van der Waals surface area contributed by atoms with Gasteiger partial charge >= 0.3 is 6.18 Å².